The maximum atomic E-state index is 12.2. The molecule has 2 rings (SSSR count). The molecule has 2 aromatic rings. The van der Waals surface area contributed by atoms with Gasteiger partial charge >= 0.3 is 0 Å². The van der Waals surface area contributed by atoms with Gasteiger partial charge in [0, 0.05) is 37.0 Å². The molecule has 0 aliphatic heterocycles. The Morgan fingerprint density at radius 3 is 2.24 bits per heavy atom. The Morgan fingerprint density at radius 2 is 1.68 bits per heavy atom. The Hall–Kier alpha value is -2.34. The molecule has 0 unspecified atom stereocenters. The molecule has 0 heterocycles. The molecule has 0 radical (unpaired) electrons. The predicted octanol–water partition coefficient (Wildman–Crippen LogP) is 4.30. The summed E-state index contributed by atoms with van der Waals surface area (Å²) in [4.78, 5) is 25.4. The first kappa shape index (κ1) is 19.0. The van der Waals surface area contributed by atoms with Gasteiger partial charge in [-0.3, -0.25) is 14.9 Å². The third-order valence-corrected chi connectivity index (χ3v) is 4.75. The van der Waals surface area contributed by atoms with Gasteiger partial charge in [-0.05, 0) is 42.4 Å². The molecule has 6 heteroatoms. The molecule has 0 aromatic heterocycles. The summed E-state index contributed by atoms with van der Waals surface area (Å²) in [5.74, 6) is 0.107. The number of hydrogen-bond acceptors (Lipinski definition) is 4. The second kappa shape index (κ2) is 9.22. The number of thioether (sulfide) groups is 1. The molecule has 0 aliphatic rings. The van der Waals surface area contributed by atoms with Gasteiger partial charge in [0.15, 0.2) is 0 Å². The molecule has 0 atom stereocenters. The summed E-state index contributed by atoms with van der Waals surface area (Å²) in [6.07, 6.45) is 3.97. The fourth-order valence-corrected chi connectivity index (χ4v) is 2.92. The van der Waals surface area contributed by atoms with E-state index in [4.69, 9.17) is 0 Å². The van der Waals surface area contributed by atoms with Crippen LogP contribution in [0.5, 0.6) is 0 Å². The van der Waals surface area contributed by atoms with Crippen molar-refractivity contribution in [2.45, 2.75) is 30.7 Å². The quantitative estimate of drug-likeness (QED) is 0.401. The molecule has 0 spiro atoms. The second-order valence-electron chi connectivity index (χ2n) is 5.87. The Labute approximate surface area is 152 Å². The van der Waals surface area contributed by atoms with E-state index in [-0.39, 0.29) is 11.6 Å². The number of carbonyl (C=O) groups excluding carboxylic acids is 1. The van der Waals surface area contributed by atoms with Crippen LogP contribution in [0.15, 0.2) is 53.4 Å². The number of nitro groups is 1. The van der Waals surface area contributed by atoms with Gasteiger partial charge in [0.25, 0.3) is 5.69 Å². The van der Waals surface area contributed by atoms with Crippen molar-refractivity contribution in [1.82, 2.24) is 4.90 Å². The lowest BCUT2D eigenvalue weighted by Gasteiger charge is -2.17. The van der Waals surface area contributed by atoms with Crippen molar-refractivity contribution in [3.63, 3.8) is 0 Å². The summed E-state index contributed by atoms with van der Waals surface area (Å²) in [5, 5.41) is 10.6. The van der Waals surface area contributed by atoms with Crippen LogP contribution in [0.2, 0.25) is 0 Å². The number of carbonyl (C=O) groups is 1. The van der Waals surface area contributed by atoms with Gasteiger partial charge in [-0.25, -0.2) is 0 Å². The predicted molar refractivity (Wildman–Crippen MR) is 101 cm³/mol. The molecule has 0 fully saturated rings. The normalized spacial score (nSPS) is 10.5. The van der Waals surface area contributed by atoms with Gasteiger partial charge in [-0.15, -0.1) is 11.8 Å². The Balaban J connectivity index is 1.77. The van der Waals surface area contributed by atoms with E-state index >= 15 is 0 Å². The fourth-order valence-electron chi connectivity index (χ4n) is 2.51. The Bertz CT molecular complexity index is 714. The third-order valence-electron chi connectivity index (χ3n) is 4.01. The zero-order chi connectivity index (χ0) is 18.2. The van der Waals surface area contributed by atoms with Crippen LogP contribution in [0.4, 0.5) is 5.69 Å². The Morgan fingerprint density at radius 1 is 1.08 bits per heavy atom. The zero-order valence-corrected chi connectivity index (χ0v) is 15.3. The number of hydrogen-bond donors (Lipinski definition) is 0. The molecule has 2 aromatic carbocycles. The fraction of sp³-hybridized carbons (Fsp3) is 0.316. The van der Waals surface area contributed by atoms with Crippen molar-refractivity contribution in [3.05, 3.63) is 69.8 Å². The van der Waals surface area contributed by atoms with Crippen LogP contribution in [0.1, 0.15) is 24.0 Å². The zero-order valence-electron chi connectivity index (χ0n) is 14.5. The topological polar surface area (TPSA) is 63.5 Å². The summed E-state index contributed by atoms with van der Waals surface area (Å²) >= 11 is 1.70. The van der Waals surface area contributed by atoms with Crippen LogP contribution in [-0.2, 0) is 17.8 Å². The summed E-state index contributed by atoms with van der Waals surface area (Å²) < 4.78 is 0. The molecule has 25 heavy (non-hydrogen) atoms. The minimum Gasteiger partial charge on any atom is -0.341 e. The number of rotatable bonds is 8. The molecule has 1 amide bonds. The van der Waals surface area contributed by atoms with E-state index in [0.29, 0.717) is 13.0 Å². The highest BCUT2D eigenvalue weighted by atomic mass is 32.2. The van der Waals surface area contributed by atoms with Crippen molar-refractivity contribution >= 4 is 23.4 Å². The average molecular weight is 358 g/mol. The van der Waals surface area contributed by atoms with E-state index in [0.717, 1.165) is 24.0 Å². The van der Waals surface area contributed by atoms with Crippen LogP contribution < -0.4 is 0 Å². The summed E-state index contributed by atoms with van der Waals surface area (Å²) in [5.41, 5.74) is 2.21. The van der Waals surface area contributed by atoms with Crippen LogP contribution in [0, 0.1) is 10.1 Å². The molecular formula is C19H22N2O3S. The van der Waals surface area contributed by atoms with Gasteiger partial charge in [-0.2, -0.15) is 0 Å². The molecule has 0 N–H and O–H groups in total. The maximum absolute atomic E-state index is 12.2. The molecule has 0 saturated carbocycles. The van der Waals surface area contributed by atoms with Gasteiger partial charge in [0.1, 0.15) is 0 Å². The molecule has 0 bridgehead atoms. The highest BCUT2D eigenvalue weighted by Crippen LogP contribution is 2.16. The largest absolute Gasteiger partial charge is 0.341 e. The summed E-state index contributed by atoms with van der Waals surface area (Å²) in [6, 6.07) is 14.7. The SMILES string of the molecule is CSc1ccc(CN(C)C(=O)CCCc2ccc([N+](=O)[O-])cc2)cc1. The van der Waals surface area contributed by atoms with Crippen LogP contribution in [0.25, 0.3) is 0 Å². The van der Waals surface area contributed by atoms with E-state index in [2.05, 4.69) is 12.1 Å². The lowest BCUT2D eigenvalue weighted by molar-refractivity contribution is -0.384. The van der Waals surface area contributed by atoms with Crippen molar-refractivity contribution in [3.8, 4) is 0 Å². The van der Waals surface area contributed by atoms with Gasteiger partial charge in [0.2, 0.25) is 5.91 Å². The van der Waals surface area contributed by atoms with Crippen molar-refractivity contribution in [1.29, 1.82) is 0 Å². The van der Waals surface area contributed by atoms with Crippen molar-refractivity contribution in [2.24, 2.45) is 0 Å². The van der Waals surface area contributed by atoms with Crippen LogP contribution >= 0.6 is 11.8 Å². The van der Waals surface area contributed by atoms with E-state index in [9.17, 15) is 14.9 Å². The standard InChI is InChI=1S/C19H22N2O3S/c1-20(14-16-8-12-18(25-2)13-9-16)19(22)5-3-4-15-6-10-17(11-7-15)21(23)24/h6-13H,3-5,14H2,1-2H3. The van der Waals surface area contributed by atoms with Crippen molar-refractivity contribution in [2.75, 3.05) is 13.3 Å². The highest BCUT2D eigenvalue weighted by Gasteiger charge is 2.10. The second-order valence-corrected chi connectivity index (χ2v) is 6.75. The average Bonchev–Trinajstić information content (AvgIpc) is 2.62. The van der Waals surface area contributed by atoms with Crippen LogP contribution in [-0.4, -0.2) is 29.0 Å². The summed E-state index contributed by atoms with van der Waals surface area (Å²) in [6.45, 7) is 0.602. The minimum atomic E-state index is -0.409. The molecule has 0 aliphatic carbocycles. The molecule has 0 saturated heterocycles. The summed E-state index contributed by atoms with van der Waals surface area (Å²) in [7, 11) is 1.82. The third kappa shape index (κ3) is 5.90. The lowest BCUT2D eigenvalue weighted by Crippen LogP contribution is -2.25. The van der Waals surface area contributed by atoms with E-state index in [1.165, 1.54) is 17.0 Å². The minimum absolute atomic E-state index is 0.0899. The van der Waals surface area contributed by atoms with Crippen LogP contribution in [0.3, 0.4) is 0 Å². The smallest absolute Gasteiger partial charge is 0.269 e. The number of benzene rings is 2. The molecule has 5 nitrogen and oxygen atoms in total. The highest BCUT2D eigenvalue weighted by molar-refractivity contribution is 7.98. The number of amides is 1. The first-order valence-corrected chi connectivity index (χ1v) is 9.32. The van der Waals surface area contributed by atoms with Gasteiger partial charge < -0.3 is 4.90 Å². The first-order valence-electron chi connectivity index (χ1n) is 8.10. The lowest BCUT2D eigenvalue weighted by atomic mass is 10.1. The number of non-ortho nitro benzene ring substituents is 1. The number of nitrogens with zero attached hydrogens (tertiary/aromatic N) is 2. The molecular weight excluding hydrogens is 336 g/mol. The maximum Gasteiger partial charge on any atom is 0.269 e. The van der Waals surface area contributed by atoms with Gasteiger partial charge in [-0.1, -0.05) is 24.3 Å². The first-order chi connectivity index (χ1) is 12.0. The van der Waals surface area contributed by atoms with Gasteiger partial charge in [0.05, 0.1) is 4.92 Å². The number of nitro benzene ring substituents is 1. The monoisotopic (exact) mass is 358 g/mol. The van der Waals surface area contributed by atoms with E-state index in [1.807, 2.05) is 25.4 Å². The van der Waals surface area contributed by atoms with E-state index < -0.39 is 4.92 Å². The van der Waals surface area contributed by atoms with Crippen molar-refractivity contribution < 1.29 is 9.72 Å². The Kier molecular flexibility index (Phi) is 7.01. The molecule has 132 valence electrons. The van der Waals surface area contributed by atoms with E-state index in [1.54, 1.807) is 28.8 Å². The number of aryl methyl sites for hydroxylation is 1.